The molecule has 3 aromatic carbocycles. The van der Waals surface area contributed by atoms with E-state index < -0.39 is 0 Å². The summed E-state index contributed by atoms with van der Waals surface area (Å²) in [6.45, 7) is 2.10. The fraction of sp³-hybridized carbons (Fsp3) is 0.0909. The first-order chi connectivity index (χ1) is 13.1. The van der Waals surface area contributed by atoms with Crippen LogP contribution in [0.15, 0.2) is 71.5 Å². The molecule has 0 saturated carbocycles. The standard InChI is InChI=1S/C22H16ClNO3/c1-2-27-22(26)14-7-10-16(11-8-14)24-19-6-4-3-5-17(19)21(25)18-12-9-15(23)13-20(18)24/h3-13H,2H2,1H3. The number of hydrogen-bond donors (Lipinski definition) is 0. The number of rotatable bonds is 3. The highest BCUT2D eigenvalue weighted by Gasteiger charge is 2.13. The zero-order valence-electron chi connectivity index (χ0n) is 14.6. The summed E-state index contributed by atoms with van der Waals surface area (Å²) >= 11 is 6.21. The van der Waals surface area contributed by atoms with Gasteiger partial charge in [0.05, 0.1) is 23.2 Å². The van der Waals surface area contributed by atoms with E-state index >= 15 is 0 Å². The predicted molar refractivity (Wildman–Crippen MR) is 108 cm³/mol. The van der Waals surface area contributed by atoms with Crippen molar-refractivity contribution < 1.29 is 9.53 Å². The van der Waals surface area contributed by atoms with E-state index in [4.69, 9.17) is 16.3 Å². The summed E-state index contributed by atoms with van der Waals surface area (Å²) in [5, 5.41) is 1.77. The Hall–Kier alpha value is -3.11. The van der Waals surface area contributed by atoms with Gasteiger partial charge in [-0.3, -0.25) is 4.79 Å². The van der Waals surface area contributed by atoms with Gasteiger partial charge >= 0.3 is 5.97 Å². The largest absolute Gasteiger partial charge is 0.462 e. The smallest absolute Gasteiger partial charge is 0.338 e. The number of esters is 1. The van der Waals surface area contributed by atoms with Crippen molar-refractivity contribution in [3.8, 4) is 5.69 Å². The number of halogens is 1. The average molecular weight is 378 g/mol. The van der Waals surface area contributed by atoms with Crippen LogP contribution in [-0.2, 0) is 4.74 Å². The lowest BCUT2D eigenvalue weighted by atomic mass is 10.1. The van der Waals surface area contributed by atoms with Gasteiger partial charge in [0, 0.05) is 21.5 Å². The number of ether oxygens (including phenoxy) is 1. The fourth-order valence-corrected chi connectivity index (χ4v) is 3.42. The van der Waals surface area contributed by atoms with Crippen LogP contribution < -0.4 is 5.43 Å². The fourth-order valence-electron chi connectivity index (χ4n) is 3.26. The predicted octanol–water partition coefficient (Wildman–Crippen LogP) is 4.97. The minimum absolute atomic E-state index is 0.0309. The number of fused-ring (bicyclic) bond motifs is 2. The molecule has 1 aromatic heterocycles. The van der Waals surface area contributed by atoms with E-state index in [1.54, 1.807) is 37.3 Å². The monoisotopic (exact) mass is 377 g/mol. The van der Waals surface area contributed by atoms with E-state index in [9.17, 15) is 9.59 Å². The summed E-state index contributed by atoms with van der Waals surface area (Å²) in [5.41, 5.74) is 2.77. The van der Waals surface area contributed by atoms with Crippen LogP contribution in [0, 0.1) is 0 Å². The minimum Gasteiger partial charge on any atom is -0.462 e. The first kappa shape index (κ1) is 17.3. The quantitative estimate of drug-likeness (QED) is 0.374. The van der Waals surface area contributed by atoms with Gasteiger partial charge in [-0.25, -0.2) is 4.79 Å². The van der Waals surface area contributed by atoms with Crippen molar-refractivity contribution in [3.63, 3.8) is 0 Å². The lowest BCUT2D eigenvalue weighted by molar-refractivity contribution is 0.0526. The van der Waals surface area contributed by atoms with Gasteiger partial charge in [0.1, 0.15) is 0 Å². The summed E-state index contributed by atoms with van der Waals surface area (Å²) in [6.07, 6.45) is 0. The Morgan fingerprint density at radius 1 is 0.963 bits per heavy atom. The first-order valence-corrected chi connectivity index (χ1v) is 8.98. The number of benzene rings is 3. The van der Waals surface area contributed by atoms with Gasteiger partial charge in [-0.05, 0) is 61.5 Å². The summed E-state index contributed by atoms with van der Waals surface area (Å²) < 4.78 is 7.02. The number of carbonyl (C=O) groups is 1. The van der Waals surface area contributed by atoms with Crippen molar-refractivity contribution in [2.24, 2.45) is 0 Å². The van der Waals surface area contributed by atoms with E-state index in [2.05, 4.69) is 0 Å². The normalized spacial score (nSPS) is 11.0. The molecule has 0 bridgehead atoms. The Morgan fingerprint density at radius 3 is 2.41 bits per heavy atom. The maximum atomic E-state index is 12.9. The van der Waals surface area contributed by atoms with Crippen LogP contribution in [0.3, 0.4) is 0 Å². The molecule has 1 heterocycles. The zero-order chi connectivity index (χ0) is 19.0. The number of nitrogens with zero attached hydrogens (tertiary/aromatic N) is 1. The molecule has 0 radical (unpaired) electrons. The van der Waals surface area contributed by atoms with Crippen LogP contribution in [0.1, 0.15) is 17.3 Å². The van der Waals surface area contributed by atoms with Gasteiger partial charge < -0.3 is 9.30 Å². The van der Waals surface area contributed by atoms with E-state index in [1.165, 1.54) is 0 Å². The molecular formula is C22H16ClNO3. The Bertz CT molecular complexity index is 1230. The second-order valence-corrected chi connectivity index (χ2v) is 6.55. The molecule has 0 aliphatic heterocycles. The van der Waals surface area contributed by atoms with Crippen molar-refractivity contribution in [2.45, 2.75) is 6.92 Å². The third-order valence-corrected chi connectivity index (χ3v) is 4.71. The van der Waals surface area contributed by atoms with Crippen LogP contribution in [0.2, 0.25) is 5.02 Å². The van der Waals surface area contributed by atoms with Crippen LogP contribution in [-0.4, -0.2) is 17.1 Å². The highest BCUT2D eigenvalue weighted by atomic mass is 35.5. The minimum atomic E-state index is -0.360. The second-order valence-electron chi connectivity index (χ2n) is 6.11. The second kappa shape index (κ2) is 6.89. The molecule has 0 unspecified atom stereocenters. The van der Waals surface area contributed by atoms with Crippen LogP contribution in [0.5, 0.6) is 0 Å². The van der Waals surface area contributed by atoms with E-state index in [-0.39, 0.29) is 11.4 Å². The third-order valence-electron chi connectivity index (χ3n) is 4.47. The molecule has 0 aliphatic rings. The van der Waals surface area contributed by atoms with Crippen LogP contribution >= 0.6 is 11.6 Å². The number of hydrogen-bond acceptors (Lipinski definition) is 3. The summed E-state index contributed by atoms with van der Waals surface area (Å²) in [7, 11) is 0. The summed E-state index contributed by atoms with van der Waals surface area (Å²) in [6, 6.07) is 19.8. The summed E-state index contributed by atoms with van der Waals surface area (Å²) in [4.78, 5) is 24.8. The van der Waals surface area contributed by atoms with Gasteiger partial charge in [0.15, 0.2) is 5.43 Å². The molecule has 4 nitrogen and oxygen atoms in total. The molecule has 4 aromatic rings. The van der Waals surface area contributed by atoms with Gasteiger partial charge in [-0.1, -0.05) is 23.7 Å². The number of aromatic nitrogens is 1. The van der Waals surface area contributed by atoms with Crippen molar-refractivity contribution in [3.05, 3.63) is 87.5 Å². The summed E-state index contributed by atoms with van der Waals surface area (Å²) in [5.74, 6) is -0.360. The number of carbonyl (C=O) groups excluding carboxylic acids is 1. The molecular weight excluding hydrogens is 362 g/mol. The van der Waals surface area contributed by atoms with Crippen molar-refractivity contribution in [1.29, 1.82) is 0 Å². The molecule has 0 N–H and O–H groups in total. The van der Waals surface area contributed by atoms with Gasteiger partial charge in [-0.15, -0.1) is 0 Å². The molecule has 0 saturated heterocycles. The molecule has 27 heavy (non-hydrogen) atoms. The molecule has 134 valence electrons. The molecule has 4 rings (SSSR count). The lowest BCUT2D eigenvalue weighted by Crippen LogP contribution is -2.10. The van der Waals surface area contributed by atoms with Gasteiger partial charge in [-0.2, -0.15) is 0 Å². The first-order valence-electron chi connectivity index (χ1n) is 8.60. The van der Waals surface area contributed by atoms with Crippen molar-refractivity contribution >= 4 is 39.4 Å². The van der Waals surface area contributed by atoms with Crippen LogP contribution in [0.25, 0.3) is 27.5 Å². The maximum Gasteiger partial charge on any atom is 0.338 e. The highest BCUT2D eigenvalue weighted by molar-refractivity contribution is 6.31. The Balaban J connectivity index is 2.02. The highest BCUT2D eigenvalue weighted by Crippen LogP contribution is 2.26. The molecule has 0 atom stereocenters. The van der Waals surface area contributed by atoms with Crippen molar-refractivity contribution in [2.75, 3.05) is 6.61 Å². The van der Waals surface area contributed by atoms with E-state index in [1.807, 2.05) is 41.0 Å². The molecule has 0 fully saturated rings. The van der Waals surface area contributed by atoms with Crippen molar-refractivity contribution in [1.82, 2.24) is 4.57 Å². The van der Waals surface area contributed by atoms with Gasteiger partial charge in [0.25, 0.3) is 0 Å². The SMILES string of the molecule is CCOC(=O)c1ccc(-n2c3ccccc3c(=O)c3ccc(Cl)cc32)cc1. The lowest BCUT2D eigenvalue weighted by Gasteiger charge is -2.16. The maximum absolute atomic E-state index is 12.9. The molecule has 0 spiro atoms. The molecule has 0 amide bonds. The Labute approximate surface area is 160 Å². The zero-order valence-corrected chi connectivity index (χ0v) is 15.4. The Kier molecular flexibility index (Phi) is 4.42. The number of para-hydroxylation sites is 1. The Morgan fingerprint density at radius 2 is 1.67 bits per heavy atom. The van der Waals surface area contributed by atoms with E-state index in [0.717, 1.165) is 16.7 Å². The topological polar surface area (TPSA) is 48.3 Å². The average Bonchev–Trinajstić information content (AvgIpc) is 2.69. The molecule has 5 heteroatoms. The van der Waals surface area contributed by atoms with Gasteiger partial charge in [0.2, 0.25) is 0 Å². The molecule has 0 aliphatic carbocycles. The van der Waals surface area contributed by atoms with Crippen LogP contribution in [0.4, 0.5) is 0 Å². The van der Waals surface area contributed by atoms with E-state index in [0.29, 0.717) is 28.0 Å². The number of pyridine rings is 1. The third kappa shape index (κ3) is 2.98.